The maximum Gasteiger partial charge on any atom is 0.337 e. The van der Waals surface area contributed by atoms with Crippen molar-refractivity contribution in [2.45, 2.75) is 26.1 Å². The van der Waals surface area contributed by atoms with E-state index in [1.807, 2.05) is 0 Å². The first-order chi connectivity index (χ1) is 7.52. The summed E-state index contributed by atoms with van der Waals surface area (Å²) in [6.45, 7) is 1.41. The highest BCUT2D eigenvalue weighted by Crippen LogP contribution is 2.16. The third-order valence-corrected chi connectivity index (χ3v) is 1.94. The molecule has 1 fully saturated rings. The number of hydrogen-bond donors (Lipinski definition) is 0. The molecule has 0 bridgehead atoms. The molecule has 0 aliphatic carbocycles. The summed E-state index contributed by atoms with van der Waals surface area (Å²) in [5.41, 5.74) is 0.0924. The highest BCUT2D eigenvalue weighted by Gasteiger charge is 2.27. The number of cyclic esters (lactones) is 1. The molecule has 1 saturated heterocycles. The summed E-state index contributed by atoms with van der Waals surface area (Å²) in [5, 5.41) is 0. The lowest BCUT2D eigenvalue weighted by molar-refractivity contribution is -0.173. The number of ether oxygens (including phenoxy) is 3. The van der Waals surface area contributed by atoms with E-state index in [2.05, 4.69) is 9.47 Å². The largest absolute Gasteiger partial charge is 0.466 e. The van der Waals surface area contributed by atoms with Crippen molar-refractivity contribution < 1.29 is 28.6 Å². The summed E-state index contributed by atoms with van der Waals surface area (Å²) < 4.78 is 13.9. The molecule has 0 aromatic rings. The first-order valence-electron chi connectivity index (χ1n) is 4.69. The number of esters is 3. The van der Waals surface area contributed by atoms with Crippen molar-refractivity contribution in [1.29, 1.82) is 0 Å². The average molecular weight is 228 g/mol. The fourth-order valence-electron chi connectivity index (χ4n) is 1.09. The topological polar surface area (TPSA) is 78.9 Å². The van der Waals surface area contributed by atoms with Crippen molar-refractivity contribution in [3.8, 4) is 0 Å². The van der Waals surface area contributed by atoms with Crippen LogP contribution in [0.2, 0.25) is 0 Å². The molecule has 1 aliphatic rings. The van der Waals surface area contributed by atoms with Crippen LogP contribution in [0.4, 0.5) is 0 Å². The summed E-state index contributed by atoms with van der Waals surface area (Å²) in [6.07, 6.45) is 0.744. The summed E-state index contributed by atoms with van der Waals surface area (Å²) in [5.74, 6) is -1.74. The summed E-state index contributed by atoms with van der Waals surface area (Å²) in [4.78, 5) is 32.9. The van der Waals surface area contributed by atoms with Gasteiger partial charge >= 0.3 is 17.9 Å². The van der Waals surface area contributed by atoms with Gasteiger partial charge in [0.05, 0.1) is 13.5 Å². The Balaban J connectivity index is 2.49. The van der Waals surface area contributed by atoms with Crippen LogP contribution in [-0.4, -0.2) is 31.3 Å². The predicted octanol–water partition coefficient (Wildman–Crippen LogP) is 0.312. The zero-order valence-corrected chi connectivity index (χ0v) is 9.02. The lowest BCUT2D eigenvalue weighted by Gasteiger charge is -2.10. The lowest BCUT2D eigenvalue weighted by atomic mass is 10.3. The average Bonchev–Trinajstić information content (AvgIpc) is 2.63. The van der Waals surface area contributed by atoms with E-state index in [1.165, 1.54) is 14.0 Å². The zero-order chi connectivity index (χ0) is 12.1. The molecule has 0 radical (unpaired) electrons. The van der Waals surface area contributed by atoms with Crippen LogP contribution in [0.15, 0.2) is 11.6 Å². The van der Waals surface area contributed by atoms with Crippen molar-refractivity contribution in [2.75, 3.05) is 7.11 Å². The van der Waals surface area contributed by atoms with Gasteiger partial charge in [0.1, 0.15) is 0 Å². The first kappa shape index (κ1) is 12.2. The van der Waals surface area contributed by atoms with Gasteiger partial charge < -0.3 is 14.2 Å². The van der Waals surface area contributed by atoms with Gasteiger partial charge in [-0.25, -0.2) is 9.59 Å². The van der Waals surface area contributed by atoms with Gasteiger partial charge in [-0.15, -0.1) is 0 Å². The smallest absolute Gasteiger partial charge is 0.337 e. The molecule has 0 aromatic heterocycles. The van der Waals surface area contributed by atoms with E-state index in [1.54, 1.807) is 0 Å². The molecule has 1 rings (SSSR count). The van der Waals surface area contributed by atoms with Gasteiger partial charge in [0.25, 0.3) is 0 Å². The second-order valence-electron chi connectivity index (χ2n) is 3.21. The minimum Gasteiger partial charge on any atom is -0.466 e. The van der Waals surface area contributed by atoms with E-state index >= 15 is 0 Å². The van der Waals surface area contributed by atoms with Crippen molar-refractivity contribution in [2.24, 2.45) is 0 Å². The van der Waals surface area contributed by atoms with Crippen LogP contribution < -0.4 is 0 Å². The third-order valence-electron chi connectivity index (χ3n) is 1.94. The molecule has 6 nitrogen and oxygen atoms in total. The maximum atomic E-state index is 11.4. The molecule has 0 spiro atoms. The van der Waals surface area contributed by atoms with Crippen LogP contribution in [0.25, 0.3) is 0 Å². The Morgan fingerprint density at radius 2 is 2.19 bits per heavy atom. The van der Waals surface area contributed by atoms with Crippen molar-refractivity contribution in [1.82, 2.24) is 0 Å². The van der Waals surface area contributed by atoms with E-state index in [0.29, 0.717) is 6.42 Å². The maximum absolute atomic E-state index is 11.4. The Hall–Kier alpha value is -1.85. The number of hydrogen-bond acceptors (Lipinski definition) is 6. The first-order valence-corrected chi connectivity index (χ1v) is 4.69. The Kier molecular flexibility index (Phi) is 4.04. The Morgan fingerprint density at radius 1 is 1.50 bits per heavy atom. The molecular weight excluding hydrogens is 216 g/mol. The van der Waals surface area contributed by atoms with E-state index in [9.17, 15) is 14.4 Å². The fraction of sp³-hybridized carbons (Fsp3) is 0.500. The minimum atomic E-state index is -0.846. The number of carbonyl (C=O) groups is 3. The fourth-order valence-corrected chi connectivity index (χ4v) is 1.09. The van der Waals surface area contributed by atoms with Gasteiger partial charge in [-0.3, -0.25) is 4.79 Å². The molecule has 1 heterocycles. The van der Waals surface area contributed by atoms with Crippen molar-refractivity contribution in [3.63, 3.8) is 0 Å². The van der Waals surface area contributed by atoms with Crippen LogP contribution in [-0.2, 0) is 28.6 Å². The van der Waals surface area contributed by atoms with Crippen molar-refractivity contribution in [3.05, 3.63) is 11.6 Å². The molecule has 0 aromatic carbocycles. The molecule has 0 saturated carbocycles. The van der Waals surface area contributed by atoms with Gasteiger partial charge in [-0.05, 0) is 6.92 Å². The molecule has 16 heavy (non-hydrogen) atoms. The number of rotatable bonds is 3. The van der Waals surface area contributed by atoms with Gasteiger partial charge in [-0.1, -0.05) is 0 Å². The molecule has 1 atom stereocenters. The Morgan fingerprint density at radius 3 is 2.69 bits per heavy atom. The van der Waals surface area contributed by atoms with E-state index in [4.69, 9.17) is 4.74 Å². The van der Waals surface area contributed by atoms with E-state index in [-0.39, 0.29) is 12.0 Å². The van der Waals surface area contributed by atoms with Crippen LogP contribution in [0, 0.1) is 0 Å². The highest BCUT2D eigenvalue weighted by atomic mass is 16.7. The van der Waals surface area contributed by atoms with Gasteiger partial charge in [-0.2, -0.15) is 0 Å². The molecule has 88 valence electrons. The number of carbonyl (C=O) groups excluding carboxylic acids is 3. The number of methoxy groups -OCH3 is 1. The van der Waals surface area contributed by atoms with Crippen LogP contribution in [0.1, 0.15) is 19.8 Å². The van der Waals surface area contributed by atoms with Crippen LogP contribution >= 0.6 is 0 Å². The summed E-state index contributed by atoms with van der Waals surface area (Å²) in [7, 11) is 1.20. The van der Waals surface area contributed by atoms with Gasteiger partial charge in [0.15, 0.2) is 0 Å². The van der Waals surface area contributed by atoms with Gasteiger partial charge in [0, 0.05) is 18.1 Å². The third kappa shape index (κ3) is 3.38. The SMILES string of the molecule is COC(=O)C=C(C)C(=O)OC1CCC(=O)O1. The predicted molar refractivity (Wildman–Crippen MR) is 51.0 cm³/mol. The van der Waals surface area contributed by atoms with E-state index in [0.717, 1.165) is 6.08 Å². The Bertz CT molecular complexity index is 343. The second-order valence-corrected chi connectivity index (χ2v) is 3.21. The lowest BCUT2D eigenvalue weighted by Crippen LogP contribution is -2.18. The van der Waals surface area contributed by atoms with Crippen molar-refractivity contribution >= 4 is 17.9 Å². The minimum absolute atomic E-state index is 0.0924. The summed E-state index contributed by atoms with van der Waals surface area (Å²) >= 11 is 0. The molecule has 1 aliphatic heterocycles. The molecule has 0 amide bonds. The Labute approximate surface area is 92.2 Å². The molecule has 1 unspecified atom stereocenters. The molecular formula is C10H12O6. The van der Waals surface area contributed by atoms with Crippen LogP contribution in [0.3, 0.4) is 0 Å². The van der Waals surface area contributed by atoms with Crippen LogP contribution in [0.5, 0.6) is 0 Å². The molecule has 0 N–H and O–H groups in total. The monoisotopic (exact) mass is 228 g/mol. The second kappa shape index (κ2) is 5.29. The standard InChI is InChI=1S/C10H12O6/c1-6(5-8(12)14-2)10(13)16-9-4-3-7(11)15-9/h5,9H,3-4H2,1-2H3. The zero-order valence-electron chi connectivity index (χ0n) is 9.02. The molecule has 6 heteroatoms. The quantitative estimate of drug-likeness (QED) is 0.511. The summed E-state index contributed by atoms with van der Waals surface area (Å²) in [6, 6.07) is 0. The van der Waals surface area contributed by atoms with E-state index < -0.39 is 24.2 Å². The normalized spacial score (nSPS) is 20.2. The van der Waals surface area contributed by atoms with Gasteiger partial charge in [0.2, 0.25) is 6.29 Å². The highest BCUT2D eigenvalue weighted by molar-refractivity contribution is 5.95.